The van der Waals surface area contributed by atoms with Gasteiger partial charge >= 0.3 is 46.7 Å². The molecule has 12 nitrogen and oxygen atoms in total. The minimum Gasteiger partial charge on any atom is -0.355 e. The fourth-order valence-electron chi connectivity index (χ4n) is 9.88. The third-order valence-electron chi connectivity index (χ3n) is 13.9. The summed E-state index contributed by atoms with van der Waals surface area (Å²) in [4.78, 5) is 19.2. The van der Waals surface area contributed by atoms with E-state index in [1.54, 1.807) is 91.0 Å². The first-order valence-electron chi connectivity index (χ1n) is 25.0. The minimum atomic E-state index is -6.13. The molecule has 10 rings (SSSR count). The fraction of sp³-hybridized carbons (Fsp3) is 0.207. The van der Waals surface area contributed by atoms with Crippen molar-refractivity contribution in [3.8, 4) is 5.88 Å². The molecule has 4 heterocycles. The van der Waals surface area contributed by atoms with Crippen LogP contribution in [0.5, 0.6) is 5.88 Å². The Bertz CT molecular complexity index is 4240. The summed E-state index contributed by atoms with van der Waals surface area (Å²) in [7, 11) is -17.2. The predicted molar refractivity (Wildman–Crippen MR) is 315 cm³/mol. The van der Waals surface area contributed by atoms with Gasteiger partial charge in [0.2, 0.25) is 11.4 Å². The van der Waals surface area contributed by atoms with Crippen LogP contribution in [0.4, 0.5) is 39.5 Å². The Morgan fingerprint density at radius 1 is 0.477 bits per heavy atom. The number of nitrogens with zero attached hydrogens (tertiary/aromatic N) is 3. The highest BCUT2D eigenvalue weighted by Crippen LogP contribution is 2.42. The maximum absolute atomic E-state index is 13.2. The van der Waals surface area contributed by atoms with E-state index in [2.05, 4.69) is 14.2 Å². The summed E-state index contributed by atoms with van der Waals surface area (Å²) in [6.45, 7) is -2.09. The predicted octanol–water partition coefficient (Wildman–Crippen LogP) is 15.5. The zero-order valence-corrected chi connectivity index (χ0v) is 48.6. The Balaban J connectivity index is 0.000000224. The average molecular weight is 1340 g/mol. The molecule has 28 heteroatoms. The van der Waals surface area contributed by atoms with E-state index in [0.717, 1.165) is 33.9 Å². The number of pyridine rings is 2. The van der Waals surface area contributed by atoms with Crippen molar-refractivity contribution in [2.75, 3.05) is 26.2 Å². The molecule has 1 N–H and O–H groups in total. The van der Waals surface area contributed by atoms with Crippen LogP contribution < -0.4 is 9.74 Å². The Labute approximate surface area is 507 Å². The number of fused-ring (bicyclic) bond motifs is 2. The van der Waals surface area contributed by atoms with Gasteiger partial charge in [-0.3, -0.25) is 4.79 Å². The number of aromatic nitrogens is 2. The molecule has 454 valence electrons. The average Bonchev–Trinajstić information content (AvgIpc) is 0.903. The highest BCUT2D eigenvalue weighted by atomic mass is 35.5. The smallest absolute Gasteiger partial charge is 0.355 e. The van der Waals surface area contributed by atoms with Crippen molar-refractivity contribution in [2.24, 2.45) is 0 Å². The molecular formula is C58H45Cl4F9N4O8S3. The molecule has 0 saturated carbocycles. The molecule has 0 aliphatic carbocycles. The molecule has 0 bridgehead atoms. The number of hydrogen-bond acceptors (Lipinski definition) is 9. The Morgan fingerprint density at radius 2 is 0.837 bits per heavy atom. The number of alkyl halides is 9. The summed E-state index contributed by atoms with van der Waals surface area (Å²) in [6, 6.07) is 41.5. The van der Waals surface area contributed by atoms with E-state index in [9.17, 15) is 69.6 Å². The SMILES string of the molecule is C.O=S(=O)(Oc1cc(C2=CCN(S(=O)(=O)C(F)(F)F)CC2)c2cc(C(c3ccc(Cl)cc3)c3ccc(Cl)cc3)ccc2n1)C(F)(F)F.O=c1cc(C2=CCN(S(=O)(=O)C(F)(F)F)CC2)c2cc(C(c3ccc(Cl)cc3)c3ccc(Cl)cc3)ccc2[nH]1. The molecule has 2 aromatic heterocycles. The molecule has 0 amide bonds. The molecule has 2 aliphatic heterocycles. The molecule has 6 aromatic carbocycles. The number of hydrogen-bond donors (Lipinski definition) is 1. The van der Waals surface area contributed by atoms with Gasteiger partial charge in [0.15, 0.2) is 0 Å². The van der Waals surface area contributed by atoms with E-state index in [-0.39, 0.29) is 59.2 Å². The highest BCUT2D eigenvalue weighted by Gasteiger charge is 2.52. The minimum absolute atomic E-state index is 0. The molecule has 0 unspecified atom stereocenters. The topological polar surface area (TPSA) is 164 Å². The second-order valence-electron chi connectivity index (χ2n) is 19.3. The van der Waals surface area contributed by atoms with Crippen molar-refractivity contribution in [1.82, 2.24) is 18.6 Å². The molecule has 8 aromatic rings. The first kappa shape index (κ1) is 65.5. The molecule has 0 fully saturated rings. The van der Waals surface area contributed by atoms with Crippen LogP contribution in [-0.4, -0.2) is 86.5 Å². The molecule has 0 atom stereocenters. The van der Waals surface area contributed by atoms with Gasteiger partial charge in [-0.1, -0.05) is 127 Å². The summed E-state index contributed by atoms with van der Waals surface area (Å²) in [6.07, 6.45) is 2.34. The van der Waals surface area contributed by atoms with E-state index in [4.69, 9.17) is 46.4 Å². The third-order valence-corrected chi connectivity index (χ3v) is 19.1. The van der Waals surface area contributed by atoms with Gasteiger partial charge in [-0.15, -0.1) is 0 Å². The van der Waals surface area contributed by atoms with Crippen molar-refractivity contribution < 1.29 is 69.0 Å². The van der Waals surface area contributed by atoms with Crippen molar-refractivity contribution in [2.45, 2.75) is 48.6 Å². The van der Waals surface area contributed by atoms with Gasteiger partial charge in [0.25, 0.3) is 0 Å². The number of rotatable bonds is 12. The molecule has 0 radical (unpaired) electrons. The van der Waals surface area contributed by atoms with Gasteiger partial charge in [-0.25, -0.2) is 21.8 Å². The van der Waals surface area contributed by atoms with Crippen LogP contribution in [0.3, 0.4) is 0 Å². The lowest BCUT2D eigenvalue weighted by Gasteiger charge is -2.27. The first-order valence-corrected chi connectivity index (χ1v) is 30.8. The number of aromatic amines is 1. The van der Waals surface area contributed by atoms with E-state index >= 15 is 0 Å². The van der Waals surface area contributed by atoms with Crippen LogP contribution in [0, 0.1) is 0 Å². The van der Waals surface area contributed by atoms with Crippen molar-refractivity contribution in [1.29, 1.82) is 0 Å². The van der Waals surface area contributed by atoms with E-state index < -0.39 is 78.1 Å². The Kier molecular flexibility index (Phi) is 19.3. The van der Waals surface area contributed by atoms with Crippen LogP contribution in [0.1, 0.15) is 76.6 Å². The Morgan fingerprint density at radius 3 is 1.20 bits per heavy atom. The number of benzene rings is 6. The summed E-state index contributed by atoms with van der Waals surface area (Å²) >= 11 is 24.5. The van der Waals surface area contributed by atoms with Crippen LogP contribution >= 0.6 is 46.4 Å². The lowest BCUT2D eigenvalue weighted by Crippen LogP contribution is -2.42. The number of halogens is 13. The first-order chi connectivity index (χ1) is 39.8. The molecule has 0 spiro atoms. The summed E-state index contributed by atoms with van der Waals surface area (Å²) < 4.78 is 194. The van der Waals surface area contributed by atoms with Crippen molar-refractivity contribution in [3.05, 3.63) is 233 Å². The summed E-state index contributed by atoms with van der Waals surface area (Å²) in [5.74, 6) is -1.59. The maximum Gasteiger partial charge on any atom is 0.534 e. The van der Waals surface area contributed by atoms with Gasteiger partial charge in [-0.2, -0.15) is 56.5 Å². The van der Waals surface area contributed by atoms with Gasteiger partial charge < -0.3 is 9.17 Å². The summed E-state index contributed by atoms with van der Waals surface area (Å²) in [5.41, 5.74) is -9.94. The standard InChI is InChI=1S/C29H20Cl2F6N2O5S2.C28H21Cl2F3N2O3S.CH4/c30-21-6-1-18(2-7-21)27(19-3-8-22(31)9-4-19)20-5-10-25-24(15-20)23(16-26(38-25)44-46(42,43)29(35,36)37)17-11-13-39(14-12-17)45(40,41)28(32,33)34;29-21-6-1-18(2-7-21)27(19-3-8-22(30)9-4-19)20-5-10-25-24(15-20)23(16-26(36)34-25)17-11-13-35(14-12-17)39(37,38)28(31,32)33;/h1-11,15-16,27H,12-14H2;1-11,15-16,27H,12-14H2,(H,34,36);1H4. The van der Waals surface area contributed by atoms with E-state index in [1.165, 1.54) is 24.3 Å². The Hall–Kier alpha value is -6.48. The monoisotopic (exact) mass is 1330 g/mol. The van der Waals surface area contributed by atoms with E-state index in [1.807, 2.05) is 36.4 Å². The molecule has 86 heavy (non-hydrogen) atoms. The number of nitrogens with one attached hydrogen (secondary N) is 1. The van der Waals surface area contributed by atoms with Gasteiger partial charge in [0.1, 0.15) is 0 Å². The van der Waals surface area contributed by atoms with E-state index in [0.29, 0.717) is 57.4 Å². The highest BCUT2D eigenvalue weighted by molar-refractivity contribution is 7.90. The second kappa shape index (κ2) is 25.3. The van der Waals surface area contributed by atoms with Gasteiger partial charge in [-0.05, 0) is 141 Å². The van der Waals surface area contributed by atoms with Crippen LogP contribution in [0.25, 0.3) is 33.0 Å². The zero-order chi connectivity index (χ0) is 61.6. The van der Waals surface area contributed by atoms with Crippen LogP contribution in [-0.2, 0) is 30.2 Å². The third kappa shape index (κ3) is 14.1. The quantitative estimate of drug-likeness (QED) is 0.0543. The number of sulfonamides is 2. The molecular weight excluding hydrogens is 1290 g/mol. The normalized spacial score (nSPS) is 15.0. The second-order valence-corrected chi connectivity index (χ2v) is 26.4. The lowest BCUT2D eigenvalue weighted by molar-refractivity contribution is -0.0503. The molecule has 0 saturated heterocycles. The lowest BCUT2D eigenvalue weighted by atomic mass is 9.84. The number of H-pyrrole nitrogens is 1. The van der Waals surface area contributed by atoms with Crippen molar-refractivity contribution >= 4 is 110 Å². The van der Waals surface area contributed by atoms with Gasteiger partial charge in [0, 0.05) is 86.5 Å². The summed E-state index contributed by atoms with van der Waals surface area (Å²) in [5, 5.41) is 3.14. The van der Waals surface area contributed by atoms with Crippen LogP contribution in [0.2, 0.25) is 20.1 Å². The fourth-order valence-corrected chi connectivity index (χ4v) is 12.6. The van der Waals surface area contributed by atoms with Crippen molar-refractivity contribution in [3.63, 3.8) is 0 Å². The van der Waals surface area contributed by atoms with Crippen LogP contribution in [0.15, 0.2) is 163 Å². The van der Waals surface area contributed by atoms with Gasteiger partial charge in [0.05, 0.1) is 5.52 Å². The largest absolute Gasteiger partial charge is 0.534 e. The zero-order valence-electron chi connectivity index (χ0n) is 43.2. The maximum atomic E-state index is 13.2. The molecule has 2 aliphatic rings.